The first-order valence-corrected chi connectivity index (χ1v) is 11.2. The molecular formula is C19H27FN4O4S. The van der Waals surface area contributed by atoms with Crippen molar-refractivity contribution in [2.24, 2.45) is 0 Å². The molecule has 0 saturated carbocycles. The van der Waals surface area contributed by atoms with Gasteiger partial charge in [-0.1, -0.05) is 19.1 Å². The highest BCUT2D eigenvalue weighted by Crippen LogP contribution is 2.24. The zero-order valence-corrected chi connectivity index (χ0v) is 17.3. The molecule has 3 atom stereocenters. The maximum atomic E-state index is 13.1. The zero-order chi connectivity index (χ0) is 21.0. The molecular weight excluding hydrogens is 399 g/mol. The third-order valence-corrected chi connectivity index (χ3v) is 6.56. The molecule has 1 aromatic carbocycles. The fourth-order valence-corrected chi connectivity index (χ4v) is 4.62. The molecule has 0 radical (unpaired) electrons. The van der Waals surface area contributed by atoms with Gasteiger partial charge in [0.1, 0.15) is 5.82 Å². The Balaban J connectivity index is 1.56. The van der Waals surface area contributed by atoms with E-state index in [1.165, 1.54) is 12.1 Å². The van der Waals surface area contributed by atoms with E-state index in [2.05, 4.69) is 28.9 Å². The van der Waals surface area contributed by atoms with Crippen LogP contribution in [-0.4, -0.2) is 53.4 Å². The summed E-state index contributed by atoms with van der Waals surface area (Å²) in [6.45, 7) is 4.44. The van der Waals surface area contributed by atoms with Crippen LogP contribution < -0.4 is 4.72 Å². The van der Waals surface area contributed by atoms with E-state index < -0.39 is 28.0 Å². The van der Waals surface area contributed by atoms with Crippen molar-refractivity contribution >= 4 is 10.0 Å². The molecule has 10 heteroatoms. The third-order valence-electron chi connectivity index (χ3n) is 5.05. The average molecular weight is 427 g/mol. The summed E-state index contributed by atoms with van der Waals surface area (Å²) in [5.41, 5.74) is 0.929. The molecule has 0 aliphatic carbocycles. The van der Waals surface area contributed by atoms with Crippen LogP contribution in [0.1, 0.15) is 44.7 Å². The number of hydrogen-bond donors (Lipinski definition) is 2. The second-order valence-electron chi connectivity index (χ2n) is 7.59. The largest absolute Gasteiger partial charge is 0.394 e. The van der Waals surface area contributed by atoms with E-state index in [9.17, 15) is 17.9 Å². The number of aryl methyl sites for hydroxylation is 1. The normalized spacial score (nSPS) is 22.9. The second kappa shape index (κ2) is 9.29. The van der Waals surface area contributed by atoms with Gasteiger partial charge >= 0.3 is 0 Å². The summed E-state index contributed by atoms with van der Waals surface area (Å²) < 4.78 is 48.4. The van der Waals surface area contributed by atoms with E-state index in [4.69, 9.17) is 4.74 Å². The average Bonchev–Trinajstić information content (AvgIpc) is 3.17. The molecule has 0 amide bonds. The predicted molar refractivity (Wildman–Crippen MR) is 104 cm³/mol. The summed E-state index contributed by atoms with van der Waals surface area (Å²) in [5, 5.41) is 17.9. The van der Waals surface area contributed by atoms with Crippen LogP contribution in [0.25, 0.3) is 0 Å². The lowest BCUT2D eigenvalue weighted by Gasteiger charge is -2.36. The van der Waals surface area contributed by atoms with Gasteiger partial charge in [0.05, 0.1) is 35.4 Å². The Morgan fingerprint density at radius 2 is 2.03 bits per heavy atom. The van der Waals surface area contributed by atoms with Crippen molar-refractivity contribution in [3.05, 3.63) is 42.0 Å². The number of sulfonamides is 1. The number of halogens is 1. The van der Waals surface area contributed by atoms with Crippen LogP contribution in [0, 0.1) is 5.82 Å². The molecule has 2 heterocycles. The molecule has 1 aliphatic rings. The van der Waals surface area contributed by atoms with E-state index in [1.54, 1.807) is 4.68 Å². The van der Waals surface area contributed by atoms with E-state index >= 15 is 0 Å². The molecule has 1 fully saturated rings. The van der Waals surface area contributed by atoms with Crippen LogP contribution >= 0.6 is 0 Å². The second-order valence-corrected chi connectivity index (χ2v) is 9.30. The topological polar surface area (TPSA) is 106 Å². The molecule has 2 aromatic rings. The molecule has 1 aliphatic heterocycles. The Morgan fingerprint density at radius 1 is 1.31 bits per heavy atom. The monoisotopic (exact) mass is 426 g/mol. The Labute approximate surface area is 170 Å². The lowest BCUT2D eigenvalue weighted by molar-refractivity contribution is -0.0891. The highest BCUT2D eigenvalue weighted by atomic mass is 32.2. The van der Waals surface area contributed by atoms with Gasteiger partial charge in [-0.3, -0.25) is 4.68 Å². The first kappa shape index (κ1) is 21.8. The van der Waals surface area contributed by atoms with Gasteiger partial charge in [0.25, 0.3) is 0 Å². The number of benzene rings is 1. The molecule has 160 valence electrons. The van der Waals surface area contributed by atoms with Crippen LogP contribution in [0.15, 0.2) is 35.4 Å². The van der Waals surface area contributed by atoms with E-state index in [0.29, 0.717) is 31.7 Å². The molecule has 0 spiro atoms. The fraction of sp³-hybridized carbons (Fsp3) is 0.579. The molecule has 29 heavy (non-hydrogen) atoms. The van der Waals surface area contributed by atoms with Crippen molar-refractivity contribution in [2.45, 2.75) is 68.7 Å². The number of aliphatic hydroxyl groups is 1. The van der Waals surface area contributed by atoms with Crippen molar-refractivity contribution < 1.29 is 22.7 Å². The predicted octanol–water partition coefficient (Wildman–Crippen LogP) is 1.82. The first-order chi connectivity index (χ1) is 13.8. The summed E-state index contributed by atoms with van der Waals surface area (Å²) in [6.07, 6.45) is 3.03. The van der Waals surface area contributed by atoms with Crippen LogP contribution in [0.2, 0.25) is 0 Å². The summed E-state index contributed by atoms with van der Waals surface area (Å²) >= 11 is 0. The van der Waals surface area contributed by atoms with Gasteiger partial charge in [-0.15, -0.1) is 5.10 Å². The van der Waals surface area contributed by atoms with Crippen molar-refractivity contribution in [3.63, 3.8) is 0 Å². The van der Waals surface area contributed by atoms with Gasteiger partial charge in [0.15, 0.2) is 0 Å². The molecule has 1 saturated heterocycles. The molecule has 0 bridgehead atoms. The van der Waals surface area contributed by atoms with Crippen molar-refractivity contribution in [3.8, 4) is 0 Å². The minimum absolute atomic E-state index is 0.0233. The molecule has 8 nitrogen and oxygen atoms in total. The van der Waals surface area contributed by atoms with Gasteiger partial charge < -0.3 is 9.84 Å². The number of rotatable bonds is 8. The van der Waals surface area contributed by atoms with Crippen LogP contribution in [-0.2, 0) is 21.3 Å². The lowest BCUT2D eigenvalue weighted by atomic mass is 9.98. The summed E-state index contributed by atoms with van der Waals surface area (Å²) in [5.74, 6) is -0.197. The van der Waals surface area contributed by atoms with E-state index in [1.807, 2.05) is 6.20 Å². The molecule has 0 unspecified atom stereocenters. The Morgan fingerprint density at radius 3 is 2.66 bits per heavy atom. The van der Waals surface area contributed by atoms with Gasteiger partial charge in [-0.05, 0) is 49.4 Å². The lowest BCUT2D eigenvalue weighted by Crippen LogP contribution is -2.50. The molecule has 3 rings (SSSR count). The zero-order valence-electron chi connectivity index (χ0n) is 16.5. The van der Waals surface area contributed by atoms with Gasteiger partial charge in [0.2, 0.25) is 10.0 Å². The number of aliphatic hydroxyl groups excluding tert-OH is 1. The number of nitrogens with zero attached hydrogens (tertiary/aromatic N) is 3. The summed E-state index contributed by atoms with van der Waals surface area (Å²) in [4.78, 5) is -0.0233. The highest BCUT2D eigenvalue weighted by Gasteiger charge is 2.34. The third kappa shape index (κ3) is 5.59. The van der Waals surface area contributed by atoms with Crippen molar-refractivity contribution in [2.75, 3.05) is 6.61 Å². The Hall–Kier alpha value is -1.88. The smallest absolute Gasteiger partial charge is 0.240 e. The van der Waals surface area contributed by atoms with Crippen molar-refractivity contribution in [1.29, 1.82) is 0 Å². The molecule has 1 aromatic heterocycles. The van der Waals surface area contributed by atoms with Crippen molar-refractivity contribution in [1.82, 2.24) is 19.7 Å². The van der Waals surface area contributed by atoms with Gasteiger partial charge in [-0.25, -0.2) is 17.5 Å². The standard InChI is InChI=1S/C19H27FN4O4S/c1-13(2)18-11-24(23-21-18)10-9-15-5-8-17(19(12-25)28-15)22-29(26,27)16-6-3-14(20)4-7-16/h3-4,6-7,11,13,15,17,19,22,25H,5,8-10,12H2,1-2H3/t15-,17-,19+/m1/s1. The highest BCUT2D eigenvalue weighted by molar-refractivity contribution is 7.89. The number of ether oxygens (including phenoxy) is 1. The quantitative estimate of drug-likeness (QED) is 0.667. The van der Waals surface area contributed by atoms with E-state index in [0.717, 1.165) is 17.8 Å². The first-order valence-electron chi connectivity index (χ1n) is 9.72. The maximum Gasteiger partial charge on any atom is 0.240 e. The molecule has 2 N–H and O–H groups in total. The Bertz CT molecular complexity index is 901. The van der Waals surface area contributed by atoms with Crippen LogP contribution in [0.3, 0.4) is 0 Å². The minimum atomic E-state index is -3.83. The number of aromatic nitrogens is 3. The fourth-order valence-electron chi connectivity index (χ4n) is 3.32. The van der Waals surface area contributed by atoms with E-state index in [-0.39, 0.29) is 17.6 Å². The minimum Gasteiger partial charge on any atom is -0.394 e. The van der Waals surface area contributed by atoms with Crippen LogP contribution in [0.5, 0.6) is 0 Å². The Kier molecular flexibility index (Phi) is 6.99. The van der Waals surface area contributed by atoms with Gasteiger partial charge in [-0.2, -0.15) is 0 Å². The number of nitrogens with one attached hydrogen (secondary N) is 1. The SMILES string of the molecule is CC(C)c1cn(CC[C@H]2CC[C@@H](NS(=O)(=O)c3ccc(F)cc3)[C@H](CO)O2)nn1. The maximum absolute atomic E-state index is 13.1. The summed E-state index contributed by atoms with van der Waals surface area (Å²) in [7, 11) is -3.83. The summed E-state index contributed by atoms with van der Waals surface area (Å²) in [6, 6.07) is 4.06. The number of hydrogen-bond acceptors (Lipinski definition) is 6. The van der Waals surface area contributed by atoms with Gasteiger partial charge in [0, 0.05) is 12.7 Å². The van der Waals surface area contributed by atoms with Crippen LogP contribution in [0.4, 0.5) is 4.39 Å².